The van der Waals surface area contributed by atoms with Crippen LogP contribution in [0.3, 0.4) is 0 Å². The van der Waals surface area contributed by atoms with Crippen molar-refractivity contribution in [3.8, 4) is 0 Å². The van der Waals surface area contributed by atoms with Gasteiger partial charge in [0.15, 0.2) is 6.16 Å². The molecule has 1 fully saturated rings. The molecule has 1 aliphatic carbocycles. The zero-order valence-corrected chi connectivity index (χ0v) is 14.1. The Morgan fingerprint density at radius 3 is 2.58 bits per heavy atom. The van der Waals surface area contributed by atoms with Gasteiger partial charge in [0.1, 0.15) is 6.10 Å². The Morgan fingerprint density at radius 1 is 1.21 bits per heavy atom. The molecule has 0 saturated heterocycles. The molecule has 0 aliphatic heterocycles. The Bertz CT molecular complexity index is 265. The van der Waals surface area contributed by atoms with Crippen LogP contribution in [0.4, 0.5) is 0 Å². The normalized spacial score (nSPS) is 28.7. The molecule has 0 aromatic carbocycles. The molecule has 0 spiro atoms. The van der Waals surface area contributed by atoms with Crippen LogP contribution in [0.1, 0.15) is 72.6 Å². The van der Waals surface area contributed by atoms with E-state index in [-0.39, 0.29) is 6.10 Å². The average molecular weight is 287 g/mol. The molecular weight excluding hydrogens is 255 g/mol. The third-order valence-corrected chi connectivity index (χ3v) is 5.60. The number of hydrogen-bond acceptors (Lipinski definition) is 2. The summed E-state index contributed by atoms with van der Waals surface area (Å²) in [4.78, 5) is 0. The summed E-state index contributed by atoms with van der Waals surface area (Å²) in [6.07, 6.45) is 9.35. The third-order valence-electron chi connectivity index (χ3n) is 4.41. The van der Waals surface area contributed by atoms with E-state index in [4.69, 9.17) is 4.52 Å². The van der Waals surface area contributed by atoms with Gasteiger partial charge in [-0.25, -0.2) is 0 Å². The first-order valence-electron chi connectivity index (χ1n) is 8.16. The highest BCUT2D eigenvalue weighted by atomic mass is 31.1. The number of hydrogen-bond donors (Lipinski definition) is 0. The van der Waals surface area contributed by atoms with E-state index in [1.807, 2.05) is 0 Å². The van der Waals surface area contributed by atoms with E-state index in [9.17, 15) is 4.57 Å². The maximum atomic E-state index is 12.1. The van der Waals surface area contributed by atoms with Gasteiger partial charge in [-0.15, -0.1) is 4.52 Å². The number of rotatable bonds is 8. The Kier molecular flexibility index (Phi) is 8.18. The van der Waals surface area contributed by atoms with Crippen LogP contribution in [0.15, 0.2) is 0 Å². The quantitative estimate of drug-likeness (QED) is 0.417. The molecule has 0 N–H and O–H groups in total. The van der Waals surface area contributed by atoms with Crippen LogP contribution in [-0.4, -0.2) is 12.3 Å². The van der Waals surface area contributed by atoms with Crippen molar-refractivity contribution >= 4 is 8.03 Å². The Hall–Kier alpha value is 0.0600. The van der Waals surface area contributed by atoms with E-state index in [0.29, 0.717) is 11.8 Å². The molecule has 1 aliphatic rings. The van der Waals surface area contributed by atoms with Crippen LogP contribution >= 0.6 is 8.03 Å². The molecule has 2 nitrogen and oxygen atoms in total. The lowest BCUT2D eigenvalue weighted by Gasteiger charge is -2.33. The zero-order chi connectivity index (χ0) is 14.3. The van der Waals surface area contributed by atoms with Gasteiger partial charge in [0.25, 0.3) is 0 Å². The van der Waals surface area contributed by atoms with Gasteiger partial charge in [-0.1, -0.05) is 47.0 Å². The second-order valence-electron chi connectivity index (χ2n) is 6.59. The molecule has 3 heteroatoms. The molecule has 1 saturated carbocycles. The molecule has 0 aromatic rings. The van der Waals surface area contributed by atoms with Crippen molar-refractivity contribution in [2.45, 2.75) is 78.7 Å². The largest absolute Gasteiger partial charge is 0.508 e. The zero-order valence-electron chi connectivity index (χ0n) is 13.2. The average Bonchev–Trinajstić information content (AvgIpc) is 2.34. The van der Waals surface area contributed by atoms with E-state index < -0.39 is 8.03 Å². The van der Waals surface area contributed by atoms with Crippen molar-refractivity contribution in [3.63, 3.8) is 0 Å². The molecule has 0 aromatic heterocycles. The highest BCUT2D eigenvalue weighted by Crippen LogP contribution is 2.40. The summed E-state index contributed by atoms with van der Waals surface area (Å²) in [6.45, 7) is 9.03. The summed E-state index contributed by atoms with van der Waals surface area (Å²) in [5.74, 6) is 1.97. The van der Waals surface area contributed by atoms with Crippen molar-refractivity contribution in [3.05, 3.63) is 0 Å². The van der Waals surface area contributed by atoms with Gasteiger partial charge in [-0.2, -0.15) is 0 Å². The number of unbranched alkanes of at least 4 members (excludes halogenated alkanes) is 3. The molecule has 1 rings (SSSR count). The van der Waals surface area contributed by atoms with Crippen LogP contribution in [-0.2, 0) is 9.09 Å². The first-order chi connectivity index (χ1) is 9.04. The van der Waals surface area contributed by atoms with Crippen molar-refractivity contribution in [1.82, 2.24) is 0 Å². The van der Waals surface area contributed by atoms with Crippen molar-refractivity contribution in [2.75, 3.05) is 6.16 Å². The van der Waals surface area contributed by atoms with Crippen LogP contribution < -0.4 is 0 Å². The molecule has 0 amide bonds. The standard InChI is InChI=1S/C16H32O2P/c1-5-6-7-8-11-19(17)18-16-12-14(4)9-10-15(16)13(2)3/h13-16H,5-12H2,1-4H3/q+1/t14-,15+,16-/m1/s1. The summed E-state index contributed by atoms with van der Waals surface area (Å²) in [5.41, 5.74) is 0. The fraction of sp³-hybridized carbons (Fsp3) is 1.00. The van der Waals surface area contributed by atoms with Crippen LogP contribution in [0.2, 0.25) is 0 Å². The van der Waals surface area contributed by atoms with Gasteiger partial charge in [0.05, 0.1) is 0 Å². The van der Waals surface area contributed by atoms with E-state index in [0.717, 1.165) is 24.9 Å². The predicted octanol–water partition coefficient (Wildman–Crippen LogP) is 5.79. The Labute approximate surface area is 120 Å². The minimum atomic E-state index is -1.44. The summed E-state index contributed by atoms with van der Waals surface area (Å²) in [7, 11) is -1.44. The van der Waals surface area contributed by atoms with Crippen LogP contribution in [0, 0.1) is 17.8 Å². The first kappa shape index (κ1) is 17.1. The van der Waals surface area contributed by atoms with E-state index in [1.54, 1.807) is 0 Å². The first-order valence-corrected chi connectivity index (χ1v) is 9.52. The molecular formula is C16H32O2P+. The minimum absolute atomic E-state index is 0.235. The Balaban J connectivity index is 2.36. The van der Waals surface area contributed by atoms with Crippen LogP contribution in [0.25, 0.3) is 0 Å². The van der Waals surface area contributed by atoms with Gasteiger partial charge in [0.2, 0.25) is 0 Å². The Morgan fingerprint density at radius 2 is 1.95 bits per heavy atom. The topological polar surface area (TPSA) is 26.3 Å². The van der Waals surface area contributed by atoms with Crippen LogP contribution in [0.5, 0.6) is 0 Å². The molecule has 4 atom stereocenters. The lowest BCUT2D eigenvalue weighted by atomic mass is 9.75. The van der Waals surface area contributed by atoms with Gasteiger partial charge in [0, 0.05) is 0 Å². The van der Waals surface area contributed by atoms with Crippen molar-refractivity contribution in [2.24, 2.45) is 17.8 Å². The van der Waals surface area contributed by atoms with Gasteiger partial charge < -0.3 is 0 Å². The third kappa shape index (κ3) is 6.36. The fourth-order valence-electron chi connectivity index (χ4n) is 3.11. The summed E-state index contributed by atoms with van der Waals surface area (Å²) >= 11 is 0. The maximum absolute atomic E-state index is 12.1. The molecule has 0 bridgehead atoms. The monoisotopic (exact) mass is 287 g/mol. The predicted molar refractivity (Wildman–Crippen MR) is 82.8 cm³/mol. The molecule has 0 heterocycles. The second kappa shape index (κ2) is 9.08. The second-order valence-corrected chi connectivity index (χ2v) is 7.91. The smallest absolute Gasteiger partial charge is 0.143 e. The molecule has 112 valence electrons. The summed E-state index contributed by atoms with van der Waals surface area (Å²) in [6, 6.07) is 0. The van der Waals surface area contributed by atoms with Gasteiger partial charge in [-0.05, 0) is 48.0 Å². The maximum Gasteiger partial charge on any atom is 0.508 e. The minimum Gasteiger partial charge on any atom is -0.143 e. The highest BCUT2D eigenvalue weighted by molar-refractivity contribution is 7.39. The fourth-order valence-corrected chi connectivity index (χ4v) is 4.24. The summed E-state index contributed by atoms with van der Waals surface area (Å²) < 4.78 is 18.0. The van der Waals surface area contributed by atoms with Crippen molar-refractivity contribution < 1.29 is 9.09 Å². The lowest BCUT2D eigenvalue weighted by molar-refractivity contribution is 0.0523. The molecule has 0 radical (unpaired) electrons. The van der Waals surface area contributed by atoms with Gasteiger partial charge >= 0.3 is 8.03 Å². The van der Waals surface area contributed by atoms with Gasteiger partial charge in [-0.3, -0.25) is 0 Å². The molecule has 19 heavy (non-hydrogen) atoms. The lowest BCUT2D eigenvalue weighted by Crippen LogP contribution is -2.33. The van der Waals surface area contributed by atoms with E-state index in [1.165, 1.54) is 32.1 Å². The van der Waals surface area contributed by atoms with E-state index >= 15 is 0 Å². The highest BCUT2D eigenvalue weighted by Gasteiger charge is 2.36. The molecule has 1 unspecified atom stereocenters. The van der Waals surface area contributed by atoms with Crippen molar-refractivity contribution in [1.29, 1.82) is 0 Å². The summed E-state index contributed by atoms with van der Waals surface area (Å²) in [5, 5.41) is 0. The van der Waals surface area contributed by atoms with E-state index in [2.05, 4.69) is 27.7 Å². The SMILES string of the molecule is CCCCCC[P+](=O)O[C@@H]1C[C@H](C)CC[C@H]1C(C)C.